The van der Waals surface area contributed by atoms with Gasteiger partial charge in [-0.25, -0.2) is 4.39 Å². The van der Waals surface area contributed by atoms with Crippen molar-refractivity contribution in [1.29, 1.82) is 0 Å². The second-order valence-electron chi connectivity index (χ2n) is 6.12. The smallest absolute Gasteiger partial charge is 0.228 e. The number of nitrogens with two attached hydrogens (primary N) is 1. The van der Waals surface area contributed by atoms with Crippen LogP contribution >= 0.6 is 0 Å². The first-order valence-electron chi connectivity index (χ1n) is 8.08. The Balaban J connectivity index is 1.71. The molecular weight excluding hydrogens is 293 g/mol. The van der Waals surface area contributed by atoms with Crippen LogP contribution in [0.2, 0.25) is 0 Å². The average molecular weight is 315 g/mol. The summed E-state index contributed by atoms with van der Waals surface area (Å²) in [5.41, 5.74) is 6.99. The number of rotatable bonds is 5. The summed E-state index contributed by atoms with van der Waals surface area (Å²) in [5, 5.41) is 3.34. The summed E-state index contributed by atoms with van der Waals surface area (Å²) < 4.78 is 13.4. The van der Waals surface area contributed by atoms with Gasteiger partial charge in [-0.15, -0.1) is 0 Å². The summed E-state index contributed by atoms with van der Waals surface area (Å²) in [6, 6.07) is 10.7. The normalized spacial score (nSPS) is 22.0. The fourth-order valence-electron chi connectivity index (χ4n) is 3.21. The Bertz CT molecular complexity index is 647. The zero-order valence-electron chi connectivity index (χ0n) is 13.2. The molecule has 1 heterocycles. The van der Waals surface area contributed by atoms with Crippen molar-refractivity contribution in [3.63, 3.8) is 0 Å². The number of nitrogen functional groups attached to an aromatic ring is 1. The van der Waals surface area contributed by atoms with E-state index in [1.165, 1.54) is 25.3 Å². The number of anilines is 2. The first-order chi connectivity index (χ1) is 11.1. The number of hydrogen-bond acceptors (Lipinski definition) is 5. The second kappa shape index (κ2) is 6.89. The van der Waals surface area contributed by atoms with E-state index in [0.717, 1.165) is 12.8 Å². The molecule has 3 unspecified atom stereocenters. The molecule has 3 rings (SSSR count). The van der Waals surface area contributed by atoms with Crippen LogP contribution < -0.4 is 11.1 Å². The highest BCUT2D eigenvalue weighted by atomic mass is 19.1. The molecule has 3 atom stereocenters. The maximum absolute atomic E-state index is 13.4. The Morgan fingerprint density at radius 2 is 2.00 bits per heavy atom. The number of aromatic nitrogens is 3. The van der Waals surface area contributed by atoms with Crippen LogP contribution in [0.4, 0.5) is 16.3 Å². The van der Waals surface area contributed by atoms with Crippen LogP contribution in [0.5, 0.6) is 0 Å². The maximum atomic E-state index is 13.4. The molecule has 2 aromatic rings. The van der Waals surface area contributed by atoms with Crippen molar-refractivity contribution in [1.82, 2.24) is 15.0 Å². The standard InChI is InChI=1S/C17H22FN5/c1-11(18)15-21-16(19)23-17(22-15)20-14-9-5-8-13(14)10-12-6-3-2-4-7-12/h2-4,6-7,11,13-14H,5,8-10H2,1H3,(H3,19,20,21,22,23). The topological polar surface area (TPSA) is 76.7 Å². The Kier molecular flexibility index (Phi) is 4.69. The van der Waals surface area contributed by atoms with Crippen molar-refractivity contribution in [2.45, 2.75) is 44.8 Å². The van der Waals surface area contributed by atoms with Crippen LogP contribution in [0.25, 0.3) is 0 Å². The molecule has 1 aliphatic carbocycles. The van der Waals surface area contributed by atoms with Crippen molar-refractivity contribution in [3.8, 4) is 0 Å². The summed E-state index contributed by atoms with van der Waals surface area (Å²) in [6.07, 6.45) is 3.15. The molecule has 0 saturated heterocycles. The average Bonchev–Trinajstić information content (AvgIpc) is 2.94. The Morgan fingerprint density at radius 1 is 1.22 bits per heavy atom. The van der Waals surface area contributed by atoms with Gasteiger partial charge in [0.2, 0.25) is 11.9 Å². The minimum Gasteiger partial charge on any atom is -0.368 e. The molecule has 3 N–H and O–H groups in total. The number of nitrogens with one attached hydrogen (secondary N) is 1. The molecule has 0 bridgehead atoms. The van der Waals surface area contributed by atoms with E-state index in [1.807, 2.05) is 6.07 Å². The van der Waals surface area contributed by atoms with Crippen LogP contribution in [0.15, 0.2) is 30.3 Å². The zero-order valence-corrected chi connectivity index (χ0v) is 13.2. The molecule has 5 nitrogen and oxygen atoms in total. The summed E-state index contributed by atoms with van der Waals surface area (Å²) in [5.74, 6) is 1.03. The lowest BCUT2D eigenvalue weighted by Crippen LogP contribution is -2.27. The molecule has 23 heavy (non-hydrogen) atoms. The summed E-state index contributed by atoms with van der Waals surface area (Å²) in [4.78, 5) is 12.1. The van der Waals surface area contributed by atoms with Crippen LogP contribution in [-0.2, 0) is 6.42 Å². The lowest BCUT2D eigenvalue weighted by Gasteiger charge is -2.21. The van der Waals surface area contributed by atoms with E-state index in [9.17, 15) is 4.39 Å². The SMILES string of the molecule is CC(F)c1nc(N)nc(NC2CCCC2Cc2ccccc2)n1. The zero-order chi connectivity index (χ0) is 16.2. The van der Waals surface area contributed by atoms with Crippen LogP contribution in [0, 0.1) is 5.92 Å². The predicted octanol–water partition coefficient (Wildman–Crippen LogP) is 3.31. The first-order valence-corrected chi connectivity index (χ1v) is 8.08. The van der Waals surface area contributed by atoms with E-state index in [0.29, 0.717) is 11.9 Å². The van der Waals surface area contributed by atoms with E-state index in [2.05, 4.69) is 44.5 Å². The number of nitrogens with zero attached hydrogens (tertiary/aromatic N) is 3. The number of hydrogen-bond donors (Lipinski definition) is 2. The van der Waals surface area contributed by atoms with Gasteiger partial charge in [0.1, 0.15) is 0 Å². The lowest BCUT2D eigenvalue weighted by atomic mass is 9.95. The number of alkyl halides is 1. The van der Waals surface area contributed by atoms with E-state index >= 15 is 0 Å². The van der Waals surface area contributed by atoms with Gasteiger partial charge in [0.15, 0.2) is 12.0 Å². The Hall–Kier alpha value is -2.24. The van der Waals surface area contributed by atoms with Crippen LogP contribution in [0.3, 0.4) is 0 Å². The van der Waals surface area contributed by atoms with Gasteiger partial charge in [-0.1, -0.05) is 36.8 Å². The van der Waals surface area contributed by atoms with Gasteiger partial charge in [-0.3, -0.25) is 0 Å². The molecular formula is C17H22FN5. The number of benzene rings is 1. The molecule has 122 valence electrons. The van der Waals surface area contributed by atoms with Gasteiger partial charge in [-0.2, -0.15) is 15.0 Å². The first kappa shape index (κ1) is 15.6. The largest absolute Gasteiger partial charge is 0.368 e. The molecule has 1 fully saturated rings. The monoisotopic (exact) mass is 315 g/mol. The third kappa shape index (κ3) is 3.94. The van der Waals surface area contributed by atoms with Crippen molar-refractivity contribution in [2.24, 2.45) is 5.92 Å². The lowest BCUT2D eigenvalue weighted by molar-refractivity contribution is 0.356. The van der Waals surface area contributed by atoms with Crippen LogP contribution in [-0.4, -0.2) is 21.0 Å². The van der Waals surface area contributed by atoms with E-state index in [1.54, 1.807) is 0 Å². The minimum atomic E-state index is -1.26. The maximum Gasteiger partial charge on any atom is 0.228 e. The van der Waals surface area contributed by atoms with Gasteiger partial charge >= 0.3 is 0 Å². The third-order valence-corrected chi connectivity index (χ3v) is 4.34. The predicted molar refractivity (Wildman–Crippen MR) is 88.7 cm³/mol. The van der Waals surface area contributed by atoms with E-state index in [-0.39, 0.29) is 17.8 Å². The van der Waals surface area contributed by atoms with Gasteiger partial charge in [-0.05, 0) is 37.7 Å². The molecule has 0 radical (unpaired) electrons. The molecule has 1 saturated carbocycles. The van der Waals surface area contributed by atoms with Gasteiger partial charge in [0.25, 0.3) is 0 Å². The van der Waals surface area contributed by atoms with E-state index < -0.39 is 6.17 Å². The molecule has 6 heteroatoms. The van der Waals surface area contributed by atoms with Crippen molar-refractivity contribution in [2.75, 3.05) is 11.1 Å². The summed E-state index contributed by atoms with van der Waals surface area (Å²) in [7, 11) is 0. The second-order valence-corrected chi connectivity index (χ2v) is 6.12. The third-order valence-electron chi connectivity index (χ3n) is 4.34. The fraction of sp³-hybridized carbons (Fsp3) is 0.471. The minimum absolute atomic E-state index is 0.0552. The number of halogens is 1. The molecule has 1 aromatic heterocycles. The molecule has 0 amide bonds. The van der Waals surface area contributed by atoms with E-state index in [4.69, 9.17) is 5.73 Å². The molecule has 0 spiro atoms. The highest BCUT2D eigenvalue weighted by Crippen LogP contribution is 2.31. The van der Waals surface area contributed by atoms with Gasteiger partial charge < -0.3 is 11.1 Å². The highest BCUT2D eigenvalue weighted by Gasteiger charge is 2.28. The molecule has 1 aromatic carbocycles. The summed E-state index contributed by atoms with van der Waals surface area (Å²) in [6.45, 7) is 1.40. The van der Waals surface area contributed by atoms with Crippen LogP contribution in [0.1, 0.15) is 43.7 Å². The molecule has 1 aliphatic rings. The van der Waals surface area contributed by atoms with Crippen molar-refractivity contribution in [3.05, 3.63) is 41.7 Å². The Labute approximate surface area is 135 Å². The quantitative estimate of drug-likeness (QED) is 0.885. The highest BCUT2D eigenvalue weighted by molar-refractivity contribution is 5.33. The Morgan fingerprint density at radius 3 is 2.74 bits per heavy atom. The summed E-state index contributed by atoms with van der Waals surface area (Å²) >= 11 is 0. The fourth-order valence-corrected chi connectivity index (χ4v) is 3.21. The van der Waals surface area contributed by atoms with Gasteiger partial charge in [0, 0.05) is 6.04 Å². The van der Waals surface area contributed by atoms with Crippen molar-refractivity contribution < 1.29 is 4.39 Å². The van der Waals surface area contributed by atoms with Crippen molar-refractivity contribution >= 4 is 11.9 Å². The molecule has 0 aliphatic heterocycles. The van der Waals surface area contributed by atoms with Gasteiger partial charge in [0.05, 0.1) is 0 Å².